The third kappa shape index (κ3) is 6.99. The lowest BCUT2D eigenvalue weighted by molar-refractivity contribution is 0.157. The van der Waals surface area contributed by atoms with Crippen LogP contribution in [-0.4, -0.2) is 75.8 Å². The number of hydrogen-bond acceptors (Lipinski definition) is 4. The molecular formula is C13H32N4. The van der Waals surface area contributed by atoms with Crippen molar-refractivity contribution < 1.29 is 0 Å². The predicted molar refractivity (Wildman–Crippen MR) is 76.6 cm³/mol. The summed E-state index contributed by atoms with van der Waals surface area (Å²) in [4.78, 5) is 4.84. The predicted octanol–water partition coefficient (Wildman–Crippen LogP) is 0.454. The van der Waals surface area contributed by atoms with E-state index in [-0.39, 0.29) is 0 Å². The minimum Gasteiger partial charge on any atom is -0.318 e. The van der Waals surface area contributed by atoms with E-state index in [1.807, 2.05) is 14.1 Å². The Labute approximate surface area is 108 Å². The molecule has 0 aromatic carbocycles. The van der Waals surface area contributed by atoms with Gasteiger partial charge in [-0.25, -0.2) is 0 Å². The molecule has 0 heterocycles. The van der Waals surface area contributed by atoms with Crippen molar-refractivity contribution in [2.75, 3.05) is 47.8 Å². The van der Waals surface area contributed by atoms with E-state index in [9.17, 15) is 0 Å². The molecule has 0 aliphatic carbocycles. The summed E-state index contributed by atoms with van der Waals surface area (Å²) in [6, 6.07) is 1.70. The Morgan fingerprint density at radius 3 is 1.88 bits per heavy atom. The van der Waals surface area contributed by atoms with Crippen LogP contribution in [0.15, 0.2) is 0 Å². The molecule has 0 radical (unpaired) electrons. The summed E-state index contributed by atoms with van der Waals surface area (Å²) in [5, 5.41) is 6.51. The molecule has 0 aliphatic heterocycles. The van der Waals surface area contributed by atoms with Crippen LogP contribution in [0.5, 0.6) is 0 Å². The van der Waals surface area contributed by atoms with Crippen LogP contribution >= 0.6 is 0 Å². The van der Waals surface area contributed by atoms with Gasteiger partial charge in [-0.15, -0.1) is 0 Å². The molecule has 0 spiro atoms. The van der Waals surface area contributed by atoms with Crippen molar-refractivity contribution in [3.63, 3.8) is 0 Å². The van der Waals surface area contributed by atoms with Crippen molar-refractivity contribution in [1.82, 2.24) is 20.4 Å². The summed E-state index contributed by atoms with van der Waals surface area (Å²) in [5.41, 5.74) is 0. The Hall–Kier alpha value is -0.160. The lowest BCUT2D eigenvalue weighted by atomic mass is 10.2. The Kier molecular flexibility index (Phi) is 8.78. The zero-order chi connectivity index (χ0) is 13.4. The lowest BCUT2D eigenvalue weighted by Gasteiger charge is -2.33. The van der Waals surface area contributed by atoms with Crippen LogP contribution in [0.25, 0.3) is 0 Å². The highest BCUT2D eigenvalue weighted by atomic mass is 15.2. The van der Waals surface area contributed by atoms with Gasteiger partial charge in [-0.05, 0) is 49.0 Å². The molecule has 0 amide bonds. The highest BCUT2D eigenvalue weighted by Gasteiger charge is 2.16. The van der Waals surface area contributed by atoms with E-state index in [2.05, 4.69) is 55.3 Å². The summed E-state index contributed by atoms with van der Waals surface area (Å²) in [6.07, 6.45) is 0. The monoisotopic (exact) mass is 244 g/mol. The topological polar surface area (TPSA) is 30.5 Å². The van der Waals surface area contributed by atoms with Gasteiger partial charge in [0.05, 0.1) is 0 Å². The molecule has 0 fully saturated rings. The van der Waals surface area contributed by atoms with Crippen LogP contribution in [0, 0.1) is 0 Å². The molecule has 104 valence electrons. The van der Waals surface area contributed by atoms with Gasteiger partial charge in [0, 0.05) is 37.8 Å². The van der Waals surface area contributed by atoms with Gasteiger partial charge in [0.2, 0.25) is 0 Å². The maximum absolute atomic E-state index is 3.28. The standard InChI is InChI=1S/C13H32N4/c1-11(15-5)9-16(6)13(3)10-17(7)12(2)8-14-4/h11-15H,8-10H2,1-7H3. The Morgan fingerprint density at radius 1 is 0.882 bits per heavy atom. The number of likely N-dealkylation sites (N-methyl/N-ethyl adjacent to an activating group) is 4. The second kappa shape index (κ2) is 8.86. The molecule has 0 aliphatic rings. The van der Waals surface area contributed by atoms with Crippen molar-refractivity contribution in [3.8, 4) is 0 Å². The second-order valence-corrected chi connectivity index (χ2v) is 5.32. The molecule has 4 heteroatoms. The molecule has 0 rings (SSSR count). The van der Waals surface area contributed by atoms with Gasteiger partial charge in [-0.1, -0.05) is 0 Å². The van der Waals surface area contributed by atoms with Gasteiger partial charge >= 0.3 is 0 Å². The molecular weight excluding hydrogens is 212 g/mol. The van der Waals surface area contributed by atoms with E-state index < -0.39 is 0 Å². The number of nitrogens with zero attached hydrogens (tertiary/aromatic N) is 2. The third-order valence-corrected chi connectivity index (χ3v) is 3.61. The van der Waals surface area contributed by atoms with Gasteiger partial charge < -0.3 is 20.4 Å². The first-order chi connectivity index (χ1) is 7.92. The fourth-order valence-electron chi connectivity index (χ4n) is 1.89. The lowest BCUT2D eigenvalue weighted by Crippen LogP contribution is -2.47. The molecule has 0 aromatic heterocycles. The minimum atomic E-state index is 0.544. The Morgan fingerprint density at radius 2 is 1.41 bits per heavy atom. The summed E-state index contributed by atoms with van der Waals surface area (Å²) in [7, 11) is 8.43. The minimum absolute atomic E-state index is 0.544. The summed E-state index contributed by atoms with van der Waals surface area (Å²) >= 11 is 0. The summed E-state index contributed by atoms with van der Waals surface area (Å²) in [6.45, 7) is 10.0. The first-order valence-corrected chi connectivity index (χ1v) is 6.64. The Bertz CT molecular complexity index is 186. The smallest absolute Gasteiger partial charge is 0.0192 e. The molecule has 3 unspecified atom stereocenters. The largest absolute Gasteiger partial charge is 0.318 e. The van der Waals surface area contributed by atoms with Crippen molar-refractivity contribution in [1.29, 1.82) is 0 Å². The zero-order valence-corrected chi connectivity index (χ0v) is 12.7. The second-order valence-electron chi connectivity index (χ2n) is 5.32. The van der Waals surface area contributed by atoms with Crippen molar-refractivity contribution >= 4 is 0 Å². The van der Waals surface area contributed by atoms with Gasteiger partial charge in [0.25, 0.3) is 0 Å². The van der Waals surface area contributed by atoms with E-state index in [4.69, 9.17) is 0 Å². The highest BCUT2D eigenvalue weighted by Crippen LogP contribution is 2.02. The maximum Gasteiger partial charge on any atom is 0.0192 e. The number of nitrogens with one attached hydrogen (secondary N) is 2. The van der Waals surface area contributed by atoms with Crippen LogP contribution in [-0.2, 0) is 0 Å². The van der Waals surface area contributed by atoms with Crippen molar-refractivity contribution in [2.24, 2.45) is 0 Å². The molecule has 17 heavy (non-hydrogen) atoms. The van der Waals surface area contributed by atoms with Crippen LogP contribution in [0.4, 0.5) is 0 Å². The first kappa shape index (κ1) is 16.8. The molecule has 0 saturated carbocycles. The normalized spacial score (nSPS) is 17.5. The molecule has 4 nitrogen and oxygen atoms in total. The van der Waals surface area contributed by atoms with E-state index in [0.717, 1.165) is 19.6 Å². The van der Waals surface area contributed by atoms with Crippen LogP contribution in [0.3, 0.4) is 0 Å². The molecule has 0 aromatic rings. The number of hydrogen-bond donors (Lipinski definition) is 2. The van der Waals surface area contributed by atoms with E-state index in [1.54, 1.807) is 0 Å². The third-order valence-electron chi connectivity index (χ3n) is 3.61. The molecule has 3 atom stereocenters. The van der Waals surface area contributed by atoms with Crippen molar-refractivity contribution in [3.05, 3.63) is 0 Å². The quantitative estimate of drug-likeness (QED) is 0.617. The fraction of sp³-hybridized carbons (Fsp3) is 1.00. The van der Waals surface area contributed by atoms with Crippen LogP contribution in [0.1, 0.15) is 20.8 Å². The van der Waals surface area contributed by atoms with Gasteiger partial charge in [0.1, 0.15) is 0 Å². The molecule has 0 bridgehead atoms. The van der Waals surface area contributed by atoms with Gasteiger partial charge in [-0.3, -0.25) is 0 Å². The highest BCUT2D eigenvalue weighted by molar-refractivity contribution is 4.74. The number of rotatable bonds is 9. The molecule has 2 N–H and O–H groups in total. The van der Waals surface area contributed by atoms with Crippen LogP contribution < -0.4 is 10.6 Å². The fourth-order valence-corrected chi connectivity index (χ4v) is 1.89. The van der Waals surface area contributed by atoms with E-state index in [1.165, 1.54) is 0 Å². The average Bonchev–Trinajstić information content (AvgIpc) is 2.28. The van der Waals surface area contributed by atoms with Crippen LogP contribution in [0.2, 0.25) is 0 Å². The van der Waals surface area contributed by atoms with Crippen molar-refractivity contribution in [2.45, 2.75) is 38.9 Å². The maximum atomic E-state index is 3.28. The Balaban J connectivity index is 4.01. The van der Waals surface area contributed by atoms with Gasteiger partial charge in [-0.2, -0.15) is 0 Å². The first-order valence-electron chi connectivity index (χ1n) is 6.64. The average molecular weight is 244 g/mol. The van der Waals surface area contributed by atoms with E-state index >= 15 is 0 Å². The van der Waals surface area contributed by atoms with Gasteiger partial charge in [0.15, 0.2) is 0 Å². The SMILES string of the molecule is CNCC(C)N(C)CC(C)N(C)CC(C)NC. The van der Waals surface area contributed by atoms with E-state index in [0.29, 0.717) is 18.1 Å². The summed E-state index contributed by atoms with van der Waals surface area (Å²) < 4.78 is 0. The zero-order valence-electron chi connectivity index (χ0n) is 12.7. The molecule has 0 saturated heterocycles. The summed E-state index contributed by atoms with van der Waals surface area (Å²) in [5.74, 6) is 0.